The number of hydrogen-bond donors (Lipinski definition) is 2. The van der Waals surface area contributed by atoms with E-state index < -0.39 is 5.91 Å². The highest BCUT2D eigenvalue weighted by Gasteiger charge is 2.20. The van der Waals surface area contributed by atoms with Crippen molar-refractivity contribution in [2.24, 2.45) is 0 Å². The van der Waals surface area contributed by atoms with Crippen LogP contribution in [0.2, 0.25) is 10.0 Å². The number of rotatable bonds is 5. The SMILES string of the molecule is COCc1cc2c(C(=O)Nc3c(Cl)c[n+](O)cc3Cl)ccc(OC)n2n1. The van der Waals surface area contributed by atoms with Crippen LogP contribution < -0.4 is 14.8 Å². The zero-order valence-corrected chi connectivity index (χ0v) is 15.4. The van der Waals surface area contributed by atoms with Crippen LogP contribution in [0.4, 0.5) is 5.69 Å². The molecule has 0 aliphatic rings. The molecule has 26 heavy (non-hydrogen) atoms. The zero-order valence-electron chi connectivity index (χ0n) is 13.9. The second kappa shape index (κ2) is 7.36. The van der Waals surface area contributed by atoms with E-state index in [1.165, 1.54) is 24.0 Å². The van der Waals surface area contributed by atoms with Crippen LogP contribution in [0, 0.1) is 0 Å². The second-order valence-corrected chi connectivity index (χ2v) is 6.13. The summed E-state index contributed by atoms with van der Waals surface area (Å²) in [5.74, 6) is 0.0250. The third-order valence-electron chi connectivity index (χ3n) is 3.59. The van der Waals surface area contributed by atoms with Crippen molar-refractivity contribution in [1.82, 2.24) is 9.61 Å². The minimum Gasteiger partial charge on any atom is -0.481 e. The molecule has 3 heterocycles. The lowest BCUT2D eigenvalue weighted by Gasteiger charge is -2.10. The maximum absolute atomic E-state index is 12.8. The number of amides is 1. The van der Waals surface area contributed by atoms with Crippen LogP contribution in [0.1, 0.15) is 16.1 Å². The van der Waals surface area contributed by atoms with Crippen LogP contribution >= 0.6 is 23.2 Å². The molecule has 0 bridgehead atoms. The number of nitrogens with one attached hydrogen (secondary N) is 1. The quantitative estimate of drug-likeness (QED) is 0.510. The van der Waals surface area contributed by atoms with Crippen molar-refractivity contribution in [3.63, 3.8) is 0 Å². The standard InChI is InChI=1S/C16H14Cl2N4O4/c1-25-8-9-5-13-10(3-4-14(26-2)22(13)20-9)16(23)19-15-11(17)6-21(24)7-12(15)18/h3-7,24H,8H2,1-2H3/p+1. The molecule has 2 N–H and O–H groups in total. The Morgan fingerprint density at radius 1 is 1.31 bits per heavy atom. The molecule has 0 atom stereocenters. The van der Waals surface area contributed by atoms with Gasteiger partial charge in [0, 0.05) is 17.9 Å². The summed E-state index contributed by atoms with van der Waals surface area (Å²) in [7, 11) is 3.07. The van der Waals surface area contributed by atoms with Gasteiger partial charge in [0.15, 0.2) is 0 Å². The lowest BCUT2D eigenvalue weighted by atomic mass is 10.2. The third-order valence-corrected chi connectivity index (χ3v) is 4.16. The van der Waals surface area contributed by atoms with E-state index >= 15 is 0 Å². The fourth-order valence-corrected chi connectivity index (χ4v) is 3.02. The molecule has 0 spiro atoms. The van der Waals surface area contributed by atoms with Gasteiger partial charge >= 0.3 is 0 Å². The number of carbonyl (C=O) groups is 1. The van der Waals surface area contributed by atoms with Gasteiger partial charge in [-0.3, -0.25) is 10.0 Å². The number of methoxy groups -OCH3 is 2. The van der Waals surface area contributed by atoms with Gasteiger partial charge in [0.1, 0.15) is 10.0 Å². The molecule has 3 rings (SSSR count). The lowest BCUT2D eigenvalue weighted by Crippen LogP contribution is -2.29. The van der Waals surface area contributed by atoms with Crippen LogP contribution in [0.5, 0.6) is 5.88 Å². The topological polar surface area (TPSA) is 89.0 Å². The molecule has 0 aliphatic heterocycles. The molecule has 8 nitrogen and oxygen atoms in total. The molecule has 0 saturated heterocycles. The summed E-state index contributed by atoms with van der Waals surface area (Å²) in [6, 6.07) is 4.97. The summed E-state index contributed by atoms with van der Waals surface area (Å²) >= 11 is 12.1. The summed E-state index contributed by atoms with van der Waals surface area (Å²) in [6.45, 7) is 0.290. The first-order chi connectivity index (χ1) is 12.4. The van der Waals surface area contributed by atoms with Crippen molar-refractivity contribution in [2.75, 3.05) is 19.5 Å². The molecule has 136 valence electrons. The van der Waals surface area contributed by atoms with Gasteiger partial charge in [-0.2, -0.15) is 9.61 Å². The third kappa shape index (κ3) is 3.39. The fraction of sp³-hybridized carbons (Fsp3) is 0.188. The number of nitrogens with zero attached hydrogens (tertiary/aromatic N) is 3. The fourth-order valence-electron chi connectivity index (χ4n) is 2.48. The van der Waals surface area contributed by atoms with Gasteiger partial charge in [0.25, 0.3) is 5.91 Å². The average Bonchev–Trinajstić information content (AvgIpc) is 3.00. The molecule has 0 aliphatic carbocycles. The summed E-state index contributed by atoms with van der Waals surface area (Å²) in [4.78, 5) is 12.8. The predicted molar refractivity (Wildman–Crippen MR) is 94.3 cm³/mol. The van der Waals surface area contributed by atoms with Crippen molar-refractivity contribution in [1.29, 1.82) is 0 Å². The molecule has 0 radical (unpaired) electrons. The number of anilines is 1. The normalized spacial score (nSPS) is 10.9. The van der Waals surface area contributed by atoms with Crippen LogP contribution in [0.3, 0.4) is 0 Å². The number of carbonyl (C=O) groups excluding carboxylic acids is 1. The lowest BCUT2D eigenvalue weighted by molar-refractivity contribution is -0.904. The van der Waals surface area contributed by atoms with Gasteiger partial charge in [-0.1, -0.05) is 23.2 Å². The Morgan fingerprint density at radius 2 is 2.00 bits per heavy atom. The van der Waals surface area contributed by atoms with Gasteiger partial charge in [-0.25, -0.2) is 0 Å². The molecular formula is C16H15Cl2N4O4+. The van der Waals surface area contributed by atoms with Crippen molar-refractivity contribution >= 4 is 40.3 Å². The number of aromatic nitrogens is 3. The van der Waals surface area contributed by atoms with E-state index in [2.05, 4.69) is 10.4 Å². The van der Waals surface area contributed by atoms with E-state index in [0.29, 0.717) is 34.0 Å². The first-order valence-electron chi connectivity index (χ1n) is 7.40. The van der Waals surface area contributed by atoms with Gasteiger partial charge in [0.2, 0.25) is 18.3 Å². The molecule has 0 unspecified atom stereocenters. The Kier molecular flexibility index (Phi) is 5.17. The molecule has 3 aromatic heterocycles. The van der Waals surface area contributed by atoms with E-state index in [-0.39, 0.29) is 15.7 Å². The van der Waals surface area contributed by atoms with Gasteiger partial charge in [-0.15, -0.1) is 0 Å². The number of pyridine rings is 2. The average molecular weight is 398 g/mol. The van der Waals surface area contributed by atoms with E-state index in [9.17, 15) is 10.0 Å². The largest absolute Gasteiger partial charge is 0.481 e. The molecule has 0 saturated carbocycles. The highest BCUT2D eigenvalue weighted by molar-refractivity contribution is 6.39. The Hall–Kier alpha value is -2.55. The Balaban J connectivity index is 2.03. The van der Waals surface area contributed by atoms with Crippen molar-refractivity contribution in [3.05, 3.63) is 51.9 Å². The number of hydrogen-bond acceptors (Lipinski definition) is 5. The highest BCUT2D eigenvalue weighted by Crippen LogP contribution is 2.29. The Bertz CT molecular complexity index is 967. The summed E-state index contributed by atoms with van der Waals surface area (Å²) in [6.07, 6.45) is 2.42. The maximum Gasteiger partial charge on any atom is 0.257 e. The van der Waals surface area contributed by atoms with Crippen molar-refractivity contribution in [2.45, 2.75) is 6.61 Å². The van der Waals surface area contributed by atoms with Crippen LogP contribution in [-0.2, 0) is 11.3 Å². The Labute approximate surface area is 158 Å². The minimum absolute atomic E-state index is 0.0893. The van der Waals surface area contributed by atoms with Crippen molar-refractivity contribution < 1.29 is 24.2 Å². The van der Waals surface area contributed by atoms with Gasteiger partial charge < -0.3 is 14.8 Å². The summed E-state index contributed by atoms with van der Waals surface area (Å²) in [5, 5.41) is 16.6. The number of fused-ring (bicyclic) bond motifs is 1. The molecular weight excluding hydrogens is 383 g/mol. The summed E-state index contributed by atoms with van der Waals surface area (Å²) < 4.78 is 12.6. The van der Waals surface area contributed by atoms with Crippen LogP contribution in [0.15, 0.2) is 30.6 Å². The monoisotopic (exact) mass is 397 g/mol. The molecule has 0 aromatic carbocycles. The molecule has 0 fully saturated rings. The minimum atomic E-state index is -0.444. The van der Waals surface area contributed by atoms with E-state index in [1.807, 2.05) is 0 Å². The van der Waals surface area contributed by atoms with E-state index in [1.54, 1.807) is 25.3 Å². The summed E-state index contributed by atoms with van der Waals surface area (Å²) in [5.41, 5.74) is 1.71. The maximum atomic E-state index is 12.8. The van der Waals surface area contributed by atoms with Gasteiger partial charge in [-0.05, 0) is 12.1 Å². The highest BCUT2D eigenvalue weighted by atomic mass is 35.5. The van der Waals surface area contributed by atoms with Crippen molar-refractivity contribution in [3.8, 4) is 5.88 Å². The molecule has 3 aromatic rings. The van der Waals surface area contributed by atoms with Crippen LogP contribution in [0.25, 0.3) is 5.52 Å². The van der Waals surface area contributed by atoms with E-state index in [4.69, 9.17) is 32.7 Å². The first-order valence-corrected chi connectivity index (χ1v) is 8.15. The smallest absolute Gasteiger partial charge is 0.257 e. The van der Waals surface area contributed by atoms with E-state index in [0.717, 1.165) is 0 Å². The Morgan fingerprint density at radius 3 is 2.62 bits per heavy atom. The second-order valence-electron chi connectivity index (χ2n) is 5.32. The zero-order chi connectivity index (χ0) is 18.8. The molecule has 10 heteroatoms. The number of ether oxygens (including phenoxy) is 2. The molecule has 1 amide bonds. The van der Waals surface area contributed by atoms with Gasteiger partial charge in [0.05, 0.1) is 36.2 Å². The first kappa shape index (κ1) is 18.2. The predicted octanol–water partition coefficient (Wildman–Crippen LogP) is 2.57. The van der Waals surface area contributed by atoms with Crippen LogP contribution in [-0.4, -0.2) is 34.9 Å². The number of halogens is 2.